The highest BCUT2D eigenvalue weighted by molar-refractivity contribution is 14.1. The average Bonchev–Trinajstić information content (AvgIpc) is 2.40. The van der Waals surface area contributed by atoms with Gasteiger partial charge >= 0.3 is 0 Å². The molecule has 0 atom stereocenters. The minimum Gasteiger partial charge on any atom is -0.128 e. The van der Waals surface area contributed by atoms with Crippen LogP contribution >= 0.6 is 65.8 Å². The zero-order valence-electron chi connectivity index (χ0n) is 6.48. The summed E-state index contributed by atoms with van der Waals surface area (Å²) in [7, 11) is 0. The van der Waals surface area contributed by atoms with E-state index >= 15 is 0 Å². The Bertz CT molecular complexity index is 450. The Kier molecular flexibility index (Phi) is 3.33. The molecule has 0 nitrogen and oxygen atoms in total. The molecule has 4 heteroatoms. The van der Waals surface area contributed by atoms with Crippen LogP contribution in [0.25, 0.3) is 10.1 Å². The average molecular weight is 432 g/mol. The van der Waals surface area contributed by atoms with E-state index in [1.807, 2.05) is 0 Å². The Morgan fingerprint density at radius 2 is 2.15 bits per heavy atom. The summed E-state index contributed by atoms with van der Waals surface area (Å²) in [6.45, 7) is 0. The lowest BCUT2D eigenvalue weighted by molar-refractivity contribution is 1.51. The van der Waals surface area contributed by atoms with E-state index in [4.69, 9.17) is 0 Å². The zero-order chi connectivity index (χ0) is 9.42. The van der Waals surface area contributed by atoms with Crippen molar-refractivity contribution >= 4 is 75.9 Å². The molecule has 0 radical (unpaired) electrons. The van der Waals surface area contributed by atoms with Gasteiger partial charge in [-0.05, 0) is 67.7 Å². The minimum absolute atomic E-state index is 0.910. The summed E-state index contributed by atoms with van der Waals surface area (Å²) >= 11 is 11.2. The zero-order valence-corrected chi connectivity index (χ0v) is 12.6. The van der Waals surface area contributed by atoms with Gasteiger partial charge in [-0.1, -0.05) is 15.9 Å². The fourth-order valence-corrected chi connectivity index (χ4v) is 4.65. The topological polar surface area (TPSA) is 0 Å². The number of benzene rings is 1. The number of thiophene rings is 1. The van der Waals surface area contributed by atoms with Crippen LogP contribution in [0.1, 0.15) is 5.56 Å². The molecule has 0 spiro atoms. The minimum atomic E-state index is 0.910. The van der Waals surface area contributed by atoms with Crippen LogP contribution in [0.5, 0.6) is 0 Å². The van der Waals surface area contributed by atoms with Gasteiger partial charge in [0.1, 0.15) is 0 Å². The second-order valence-electron chi connectivity index (χ2n) is 2.63. The molecular formula is C9H5Br2IS. The predicted molar refractivity (Wildman–Crippen MR) is 74.9 cm³/mol. The van der Waals surface area contributed by atoms with Gasteiger partial charge in [0, 0.05) is 13.6 Å². The molecule has 0 saturated carbocycles. The van der Waals surface area contributed by atoms with Crippen molar-refractivity contribution < 1.29 is 0 Å². The molecule has 0 amide bonds. The van der Waals surface area contributed by atoms with Crippen molar-refractivity contribution in [3.8, 4) is 0 Å². The number of hydrogen-bond donors (Lipinski definition) is 0. The first kappa shape index (κ1) is 10.4. The second-order valence-corrected chi connectivity index (χ2v) is 6.80. The monoisotopic (exact) mass is 430 g/mol. The Morgan fingerprint density at radius 3 is 2.85 bits per heavy atom. The van der Waals surface area contributed by atoms with Crippen LogP contribution < -0.4 is 0 Å². The van der Waals surface area contributed by atoms with Gasteiger partial charge in [-0.2, -0.15) is 0 Å². The summed E-state index contributed by atoms with van der Waals surface area (Å²) in [4.78, 5) is 0. The molecule has 2 rings (SSSR count). The lowest BCUT2D eigenvalue weighted by Crippen LogP contribution is -1.75. The largest absolute Gasteiger partial charge is 0.128 e. The molecule has 0 bridgehead atoms. The fourth-order valence-electron chi connectivity index (χ4n) is 1.22. The van der Waals surface area contributed by atoms with E-state index in [0.29, 0.717) is 0 Å². The summed E-state index contributed by atoms with van der Waals surface area (Å²) < 4.78 is 3.88. The van der Waals surface area contributed by atoms with Gasteiger partial charge in [0.05, 0.1) is 3.79 Å². The summed E-state index contributed by atoms with van der Waals surface area (Å²) in [6.07, 6.45) is 0. The van der Waals surface area contributed by atoms with Crippen molar-refractivity contribution in [2.24, 2.45) is 0 Å². The van der Waals surface area contributed by atoms with Gasteiger partial charge in [0.15, 0.2) is 0 Å². The molecule has 0 aliphatic heterocycles. The van der Waals surface area contributed by atoms with E-state index in [0.717, 1.165) is 5.33 Å². The van der Waals surface area contributed by atoms with Crippen LogP contribution in [0.15, 0.2) is 22.0 Å². The predicted octanol–water partition coefficient (Wildman–Crippen LogP) is 5.16. The lowest BCUT2D eigenvalue weighted by atomic mass is 10.2. The maximum Gasteiger partial charge on any atom is 0.0751 e. The van der Waals surface area contributed by atoms with Gasteiger partial charge in [-0.3, -0.25) is 0 Å². The maximum absolute atomic E-state index is 3.58. The highest BCUT2D eigenvalue weighted by Gasteiger charge is 2.08. The maximum atomic E-state index is 3.58. The summed E-state index contributed by atoms with van der Waals surface area (Å²) in [5, 5.41) is 2.27. The van der Waals surface area contributed by atoms with Crippen molar-refractivity contribution in [1.29, 1.82) is 0 Å². The molecule has 1 heterocycles. The lowest BCUT2D eigenvalue weighted by Gasteiger charge is -1.94. The van der Waals surface area contributed by atoms with E-state index in [1.165, 1.54) is 23.0 Å². The smallest absolute Gasteiger partial charge is 0.0751 e. The third kappa shape index (κ3) is 1.96. The van der Waals surface area contributed by atoms with Gasteiger partial charge in [0.2, 0.25) is 0 Å². The van der Waals surface area contributed by atoms with Crippen LogP contribution in [-0.2, 0) is 5.33 Å². The van der Waals surface area contributed by atoms with Crippen LogP contribution in [0, 0.1) is 3.57 Å². The van der Waals surface area contributed by atoms with Gasteiger partial charge < -0.3 is 0 Å². The highest BCUT2D eigenvalue weighted by atomic mass is 127. The molecule has 0 aliphatic rings. The summed E-state index contributed by atoms with van der Waals surface area (Å²) in [6, 6.07) is 6.55. The van der Waals surface area contributed by atoms with Crippen LogP contribution in [-0.4, -0.2) is 0 Å². The first-order valence-corrected chi connectivity index (χ1v) is 7.45. The van der Waals surface area contributed by atoms with E-state index in [-0.39, 0.29) is 0 Å². The van der Waals surface area contributed by atoms with E-state index in [9.17, 15) is 0 Å². The molecule has 0 N–H and O–H groups in total. The first-order chi connectivity index (χ1) is 6.22. The van der Waals surface area contributed by atoms with Crippen LogP contribution in [0.3, 0.4) is 0 Å². The number of halogens is 3. The normalized spacial score (nSPS) is 11.0. The molecule has 1 aromatic heterocycles. The van der Waals surface area contributed by atoms with Gasteiger partial charge in [-0.15, -0.1) is 11.3 Å². The van der Waals surface area contributed by atoms with Crippen molar-refractivity contribution in [2.75, 3.05) is 0 Å². The standard InChI is InChI=1S/C9H5Br2IS/c10-4-7-6-3-5(12)1-2-8(6)13-9(7)11/h1-3H,4H2. The van der Waals surface area contributed by atoms with Gasteiger partial charge in [0.25, 0.3) is 0 Å². The third-order valence-electron chi connectivity index (χ3n) is 1.84. The quantitative estimate of drug-likeness (QED) is 0.432. The Hall–Kier alpha value is 0.870. The number of rotatable bonds is 1. The van der Waals surface area contributed by atoms with Crippen LogP contribution in [0.4, 0.5) is 0 Å². The Labute approximate surface area is 111 Å². The molecule has 1 aromatic carbocycles. The number of hydrogen-bond acceptors (Lipinski definition) is 1. The fraction of sp³-hybridized carbons (Fsp3) is 0.111. The highest BCUT2D eigenvalue weighted by Crippen LogP contribution is 2.37. The molecule has 0 unspecified atom stereocenters. The van der Waals surface area contributed by atoms with Crippen molar-refractivity contribution in [1.82, 2.24) is 0 Å². The van der Waals surface area contributed by atoms with Crippen molar-refractivity contribution in [3.63, 3.8) is 0 Å². The SMILES string of the molecule is BrCc1c(Br)sc2ccc(I)cc12. The van der Waals surface area contributed by atoms with E-state index < -0.39 is 0 Å². The van der Waals surface area contributed by atoms with E-state index in [1.54, 1.807) is 11.3 Å². The molecule has 0 saturated heterocycles. The molecule has 0 fully saturated rings. The summed E-state index contributed by atoms with van der Waals surface area (Å²) in [5.74, 6) is 0. The number of alkyl halides is 1. The van der Waals surface area contributed by atoms with Crippen molar-refractivity contribution in [2.45, 2.75) is 5.33 Å². The molecule has 68 valence electrons. The van der Waals surface area contributed by atoms with Crippen LogP contribution in [0.2, 0.25) is 0 Å². The second kappa shape index (κ2) is 4.16. The Morgan fingerprint density at radius 1 is 1.38 bits per heavy atom. The Balaban J connectivity index is 2.80. The molecule has 13 heavy (non-hydrogen) atoms. The molecule has 2 aromatic rings. The van der Waals surface area contributed by atoms with Crippen molar-refractivity contribution in [3.05, 3.63) is 31.1 Å². The third-order valence-corrected chi connectivity index (χ3v) is 5.03. The summed E-state index contributed by atoms with van der Waals surface area (Å²) in [5.41, 5.74) is 1.36. The molecular weight excluding hydrogens is 427 g/mol. The first-order valence-electron chi connectivity index (χ1n) is 3.65. The number of fused-ring (bicyclic) bond motifs is 1. The van der Waals surface area contributed by atoms with Gasteiger partial charge in [-0.25, -0.2) is 0 Å². The molecule has 0 aliphatic carbocycles. The van der Waals surface area contributed by atoms with E-state index in [2.05, 4.69) is 72.6 Å².